The molecule has 5 nitrogen and oxygen atoms in total. The molecule has 3 rings (SSSR count). The first-order valence-corrected chi connectivity index (χ1v) is 6.03. The number of ether oxygens (including phenoxy) is 1. The molecule has 0 atom stereocenters. The van der Waals surface area contributed by atoms with E-state index in [-0.39, 0.29) is 5.56 Å². The number of anilines is 1. The highest BCUT2D eigenvalue weighted by Crippen LogP contribution is 2.28. The molecule has 1 aliphatic heterocycles. The Morgan fingerprint density at radius 2 is 2.26 bits per heavy atom. The first-order chi connectivity index (χ1) is 9.22. The number of aromatic carboxylic acids is 1. The summed E-state index contributed by atoms with van der Waals surface area (Å²) in [6, 6.07) is 7.44. The Labute approximate surface area is 109 Å². The zero-order chi connectivity index (χ0) is 13.2. The zero-order valence-electron chi connectivity index (χ0n) is 10.2. The van der Waals surface area contributed by atoms with Crippen LogP contribution in [0.5, 0.6) is 5.75 Å². The molecule has 1 aromatic heterocycles. The van der Waals surface area contributed by atoms with E-state index in [1.54, 1.807) is 0 Å². The van der Waals surface area contributed by atoms with Crippen molar-refractivity contribution in [3.63, 3.8) is 0 Å². The number of fused-ring (bicyclic) bond motifs is 1. The Morgan fingerprint density at radius 3 is 3.05 bits per heavy atom. The van der Waals surface area contributed by atoms with Gasteiger partial charge in [-0.1, -0.05) is 0 Å². The molecule has 2 heterocycles. The number of hydrogen-bond donors (Lipinski definition) is 2. The molecule has 2 N–H and O–H groups in total. The lowest BCUT2D eigenvalue weighted by Gasteiger charge is -2.06. The summed E-state index contributed by atoms with van der Waals surface area (Å²) in [4.78, 5) is 10.7. The molecule has 0 saturated carbocycles. The average Bonchev–Trinajstić information content (AvgIpc) is 3.04. The van der Waals surface area contributed by atoms with Crippen LogP contribution in [-0.4, -0.2) is 17.7 Å². The normalized spacial score (nSPS) is 12.8. The molecule has 0 unspecified atom stereocenters. The van der Waals surface area contributed by atoms with Gasteiger partial charge in [0.05, 0.1) is 18.7 Å². The quantitative estimate of drug-likeness (QED) is 0.882. The first-order valence-electron chi connectivity index (χ1n) is 6.03. The minimum Gasteiger partial charge on any atom is -0.493 e. The van der Waals surface area contributed by atoms with Gasteiger partial charge in [-0.25, -0.2) is 4.79 Å². The van der Waals surface area contributed by atoms with Crippen molar-refractivity contribution in [2.24, 2.45) is 0 Å². The van der Waals surface area contributed by atoms with Gasteiger partial charge in [-0.3, -0.25) is 0 Å². The summed E-state index contributed by atoms with van der Waals surface area (Å²) in [7, 11) is 0. The molecule has 0 amide bonds. The van der Waals surface area contributed by atoms with Crippen LogP contribution in [0.15, 0.2) is 34.9 Å². The van der Waals surface area contributed by atoms with Crippen LogP contribution in [0.4, 0.5) is 5.69 Å². The van der Waals surface area contributed by atoms with Gasteiger partial charge in [0.25, 0.3) is 0 Å². The second-order valence-corrected chi connectivity index (χ2v) is 4.38. The summed E-state index contributed by atoms with van der Waals surface area (Å²) in [6.07, 6.45) is 2.17. The SMILES string of the molecule is O=C(O)c1coc(CNc2ccc3c(c2)CCO3)c1. The molecule has 0 saturated heterocycles. The zero-order valence-corrected chi connectivity index (χ0v) is 10.2. The highest BCUT2D eigenvalue weighted by Gasteiger charge is 2.12. The van der Waals surface area contributed by atoms with Crippen molar-refractivity contribution in [1.82, 2.24) is 0 Å². The van der Waals surface area contributed by atoms with Gasteiger partial charge in [0.1, 0.15) is 17.8 Å². The lowest BCUT2D eigenvalue weighted by atomic mass is 10.1. The second-order valence-electron chi connectivity index (χ2n) is 4.38. The smallest absolute Gasteiger partial charge is 0.338 e. The van der Waals surface area contributed by atoms with Gasteiger partial charge in [-0.2, -0.15) is 0 Å². The summed E-state index contributed by atoms with van der Waals surface area (Å²) >= 11 is 0. The van der Waals surface area contributed by atoms with Crippen LogP contribution in [0.25, 0.3) is 0 Å². The Bertz CT molecular complexity index is 618. The predicted molar refractivity (Wildman–Crippen MR) is 68.6 cm³/mol. The number of rotatable bonds is 4. The lowest BCUT2D eigenvalue weighted by Crippen LogP contribution is -1.99. The summed E-state index contributed by atoms with van der Waals surface area (Å²) in [5, 5.41) is 12.0. The van der Waals surface area contributed by atoms with E-state index < -0.39 is 5.97 Å². The van der Waals surface area contributed by atoms with Crippen molar-refractivity contribution >= 4 is 11.7 Å². The topological polar surface area (TPSA) is 71.7 Å². The number of nitrogens with one attached hydrogen (secondary N) is 1. The highest BCUT2D eigenvalue weighted by atomic mass is 16.5. The number of carbonyl (C=O) groups is 1. The van der Waals surface area contributed by atoms with Crippen molar-refractivity contribution < 1.29 is 19.1 Å². The van der Waals surface area contributed by atoms with Crippen LogP contribution < -0.4 is 10.1 Å². The number of hydrogen-bond acceptors (Lipinski definition) is 4. The molecule has 0 aliphatic carbocycles. The predicted octanol–water partition coefficient (Wildman–Crippen LogP) is 2.52. The van der Waals surface area contributed by atoms with Crippen molar-refractivity contribution in [3.8, 4) is 5.75 Å². The van der Waals surface area contributed by atoms with Gasteiger partial charge in [0.2, 0.25) is 0 Å². The van der Waals surface area contributed by atoms with Crippen LogP contribution in [0.2, 0.25) is 0 Å². The molecule has 5 heteroatoms. The van der Waals surface area contributed by atoms with Gasteiger partial charge >= 0.3 is 5.97 Å². The lowest BCUT2D eigenvalue weighted by molar-refractivity contribution is 0.0696. The maximum absolute atomic E-state index is 10.7. The Balaban J connectivity index is 1.67. The van der Waals surface area contributed by atoms with E-state index in [0.717, 1.165) is 24.5 Å². The van der Waals surface area contributed by atoms with Crippen molar-refractivity contribution in [2.75, 3.05) is 11.9 Å². The maximum atomic E-state index is 10.7. The van der Waals surface area contributed by atoms with E-state index in [0.29, 0.717) is 12.3 Å². The third-order valence-corrected chi connectivity index (χ3v) is 3.06. The minimum absolute atomic E-state index is 0.166. The summed E-state index contributed by atoms with van der Waals surface area (Å²) in [6.45, 7) is 1.19. The number of carboxylic acid groups (broad SMARTS) is 1. The van der Waals surface area contributed by atoms with Crippen LogP contribution in [0, 0.1) is 0 Å². The van der Waals surface area contributed by atoms with Gasteiger partial charge in [-0.15, -0.1) is 0 Å². The molecular formula is C14H13NO4. The summed E-state index contributed by atoms with van der Waals surface area (Å²) in [5.41, 5.74) is 2.33. The van der Waals surface area contributed by atoms with Crippen LogP contribution in [0.3, 0.4) is 0 Å². The molecule has 19 heavy (non-hydrogen) atoms. The molecule has 1 aromatic carbocycles. The van der Waals surface area contributed by atoms with E-state index >= 15 is 0 Å². The van der Waals surface area contributed by atoms with Crippen molar-refractivity contribution in [2.45, 2.75) is 13.0 Å². The minimum atomic E-state index is -0.982. The van der Waals surface area contributed by atoms with E-state index in [4.69, 9.17) is 14.3 Å². The Hall–Kier alpha value is -2.43. The fraction of sp³-hybridized carbons (Fsp3) is 0.214. The molecule has 0 bridgehead atoms. The summed E-state index contributed by atoms with van der Waals surface area (Å²) < 4.78 is 10.6. The summed E-state index contributed by atoms with van der Waals surface area (Å²) in [5.74, 6) is 0.551. The molecule has 1 aliphatic rings. The Morgan fingerprint density at radius 1 is 1.37 bits per heavy atom. The van der Waals surface area contributed by atoms with Crippen LogP contribution in [-0.2, 0) is 13.0 Å². The number of furan rings is 1. The van der Waals surface area contributed by atoms with Crippen LogP contribution in [0.1, 0.15) is 21.7 Å². The van der Waals surface area contributed by atoms with Gasteiger partial charge in [0.15, 0.2) is 0 Å². The third-order valence-electron chi connectivity index (χ3n) is 3.06. The monoisotopic (exact) mass is 259 g/mol. The average molecular weight is 259 g/mol. The Kier molecular flexibility index (Phi) is 2.87. The van der Waals surface area contributed by atoms with E-state index in [1.807, 2.05) is 18.2 Å². The molecule has 0 fully saturated rings. The molecular weight excluding hydrogens is 246 g/mol. The standard InChI is InChI=1S/C14H13NO4/c16-14(17)10-6-12(19-8-10)7-15-11-1-2-13-9(5-11)3-4-18-13/h1-2,5-6,8,15H,3-4,7H2,(H,16,17). The van der Waals surface area contributed by atoms with Crippen molar-refractivity contribution in [3.05, 3.63) is 47.4 Å². The molecule has 2 aromatic rings. The van der Waals surface area contributed by atoms with Gasteiger partial charge < -0.3 is 19.6 Å². The van der Waals surface area contributed by atoms with Crippen LogP contribution >= 0.6 is 0 Å². The third kappa shape index (κ3) is 2.40. The largest absolute Gasteiger partial charge is 0.493 e. The first kappa shape index (κ1) is 11.6. The molecule has 0 radical (unpaired) electrons. The van der Waals surface area contributed by atoms with Gasteiger partial charge in [-0.05, 0) is 29.8 Å². The van der Waals surface area contributed by atoms with Crippen molar-refractivity contribution in [1.29, 1.82) is 0 Å². The number of benzene rings is 1. The van der Waals surface area contributed by atoms with Gasteiger partial charge in [0, 0.05) is 12.1 Å². The van der Waals surface area contributed by atoms with E-state index in [1.165, 1.54) is 17.9 Å². The fourth-order valence-electron chi connectivity index (χ4n) is 2.07. The second kappa shape index (κ2) is 4.68. The fourth-order valence-corrected chi connectivity index (χ4v) is 2.07. The maximum Gasteiger partial charge on any atom is 0.338 e. The van der Waals surface area contributed by atoms with E-state index in [2.05, 4.69) is 5.32 Å². The number of carboxylic acids is 1. The molecule has 98 valence electrons. The molecule has 0 spiro atoms. The van der Waals surface area contributed by atoms with E-state index in [9.17, 15) is 4.79 Å². The highest BCUT2D eigenvalue weighted by molar-refractivity contribution is 5.87.